The molecule has 1 aliphatic heterocycles. The van der Waals surface area contributed by atoms with Crippen LogP contribution >= 0.6 is 24.8 Å². The fourth-order valence-corrected chi connectivity index (χ4v) is 1.34. The number of nitrogens with zero attached hydrogens (tertiary/aromatic N) is 1. The lowest BCUT2D eigenvalue weighted by Crippen LogP contribution is -2.28. The first-order valence-electron chi connectivity index (χ1n) is 3.70. The van der Waals surface area contributed by atoms with Crippen molar-refractivity contribution in [2.75, 3.05) is 6.54 Å². The van der Waals surface area contributed by atoms with Crippen LogP contribution in [-0.4, -0.2) is 16.6 Å². The molecule has 3 nitrogen and oxygen atoms in total. The molecule has 0 aliphatic carbocycles. The first-order valence-corrected chi connectivity index (χ1v) is 3.70. The zero-order chi connectivity index (χ0) is 7.68. The van der Waals surface area contributed by atoms with Gasteiger partial charge in [0.25, 0.3) is 0 Å². The molecule has 13 heavy (non-hydrogen) atoms. The van der Waals surface area contributed by atoms with Crippen LogP contribution in [0.5, 0.6) is 0 Å². The second kappa shape index (κ2) is 5.40. The molecular formula is C8H12Cl2N2O. The largest absolute Gasteiger partial charge is 0.387 e. The van der Waals surface area contributed by atoms with Crippen LogP contribution < -0.4 is 5.32 Å². The third-order valence-corrected chi connectivity index (χ3v) is 1.91. The Bertz CT molecular complexity index is 270. The fraction of sp³-hybridized carbons (Fsp3) is 0.375. The molecule has 1 aliphatic rings. The van der Waals surface area contributed by atoms with Gasteiger partial charge in [0, 0.05) is 24.8 Å². The molecular weight excluding hydrogens is 211 g/mol. The zero-order valence-corrected chi connectivity index (χ0v) is 8.57. The molecule has 0 radical (unpaired) electrons. The number of hydrogen-bond acceptors (Lipinski definition) is 3. The summed E-state index contributed by atoms with van der Waals surface area (Å²) in [4.78, 5) is 4.15. The number of aromatic nitrogens is 1. The molecule has 1 aromatic rings. The Morgan fingerprint density at radius 3 is 2.92 bits per heavy atom. The molecule has 0 saturated carbocycles. The summed E-state index contributed by atoms with van der Waals surface area (Å²) < 4.78 is 0. The van der Waals surface area contributed by atoms with Crippen LogP contribution in [0.15, 0.2) is 18.3 Å². The molecule has 0 bridgehead atoms. The van der Waals surface area contributed by atoms with E-state index in [4.69, 9.17) is 0 Å². The number of nitrogens with one attached hydrogen (secondary N) is 1. The number of halogens is 2. The fourth-order valence-electron chi connectivity index (χ4n) is 1.34. The summed E-state index contributed by atoms with van der Waals surface area (Å²) in [6.07, 6.45) is 1.37. The molecule has 0 saturated heterocycles. The van der Waals surface area contributed by atoms with Crippen LogP contribution in [0.3, 0.4) is 0 Å². The minimum Gasteiger partial charge on any atom is -0.387 e. The van der Waals surface area contributed by atoms with Crippen molar-refractivity contribution in [3.63, 3.8) is 0 Å². The van der Waals surface area contributed by atoms with E-state index >= 15 is 0 Å². The van der Waals surface area contributed by atoms with Gasteiger partial charge < -0.3 is 10.4 Å². The highest BCUT2D eigenvalue weighted by molar-refractivity contribution is 5.85. The number of rotatable bonds is 0. The molecule has 0 spiro atoms. The maximum atomic E-state index is 9.46. The van der Waals surface area contributed by atoms with E-state index in [0.717, 1.165) is 17.8 Å². The standard InChI is InChI=1S/C8H10N2O.2ClH/c11-8-5-9-4-7-6(8)2-1-3-10-7;;/h1-3,8-9,11H,4-5H2;2*1H. The van der Waals surface area contributed by atoms with Gasteiger partial charge in [-0.2, -0.15) is 0 Å². The van der Waals surface area contributed by atoms with E-state index in [-0.39, 0.29) is 30.9 Å². The van der Waals surface area contributed by atoms with Crippen LogP contribution in [-0.2, 0) is 6.54 Å². The van der Waals surface area contributed by atoms with Gasteiger partial charge in [-0.05, 0) is 6.07 Å². The second-order valence-electron chi connectivity index (χ2n) is 2.69. The minimum absolute atomic E-state index is 0. The van der Waals surface area contributed by atoms with Gasteiger partial charge in [-0.15, -0.1) is 24.8 Å². The third kappa shape index (κ3) is 2.54. The van der Waals surface area contributed by atoms with Gasteiger partial charge in [0.15, 0.2) is 0 Å². The first-order chi connectivity index (χ1) is 5.38. The molecule has 1 atom stereocenters. The Morgan fingerprint density at radius 1 is 1.46 bits per heavy atom. The SMILES string of the molecule is Cl.Cl.OC1CNCc2ncccc21. The lowest BCUT2D eigenvalue weighted by Gasteiger charge is -2.20. The van der Waals surface area contributed by atoms with Crippen molar-refractivity contribution in [3.8, 4) is 0 Å². The molecule has 74 valence electrons. The Labute approximate surface area is 89.4 Å². The number of fused-ring (bicyclic) bond motifs is 1. The normalized spacial score (nSPS) is 19.3. The van der Waals surface area contributed by atoms with Gasteiger partial charge in [-0.25, -0.2) is 0 Å². The predicted molar refractivity (Wildman–Crippen MR) is 55.4 cm³/mol. The third-order valence-electron chi connectivity index (χ3n) is 1.91. The Hall–Kier alpha value is -0.350. The summed E-state index contributed by atoms with van der Waals surface area (Å²) >= 11 is 0. The smallest absolute Gasteiger partial charge is 0.0932 e. The van der Waals surface area contributed by atoms with E-state index in [2.05, 4.69) is 10.3 Å². The van der Waals surface area contributed by atoms with Crippen LogP contribution in [0, 0.1) is 0 Å². The highest BCUT2D eigenvalue weighted by Gasteiger charge is 2.16. The second-order valence-corrected chi connectivity index (χ2v) is 2.69. The van der Waals surface area contributed by atoms with Gasteiger partial charge in [-0.3, -0.25) is 4.98 Å². The van der Waals surface area contributed by atoms with Crippen LogP contribution in [0.2, 0.25) is 0 Å². The van der Waals surface area contributed by atoms with Crippen molar-refractivity contribution >= 4 is 24.8 Å². The van der Waals surface area contributed by atoms with Crippen molar-refractivity contribution in [2.45, 2.75) is 12.6 Å². The highest BCUT2D eigenvalue weighted by Crippen LogP contribution is 2.18. The Balaban J connectivity index is 0.000000720. The molecule has 5 heteroatoms. The lowest BCUT2D eigenvalue weighted by molar-refractivity contribution is 0.164. The maximum absolute atomic E-state index is 9.46. The predicted octanol–water partition coefficient (Wildman–Crippen LogP) is 1.06. The number of aliphatic hydroxyl groups is 1. The summed E-state index contributed by atoms with van der Waals surface area (Å²) in [6.45, 7) is 1.41. The van der Waals surface area contributed by atoms with E-state index < -0.39 is 0 Å². The Kier molecular flexibility index (Phi) is 5.25. The number of β-amino-alcohol motifs (C(OH)–C–C–N with tert-alkyl or cyclic N) is 1. The first kappa shape index (κ1) is 12.7. The molecule has 0 aromatic carbocycles. The van der Waals surface area contributed by atoms with E-state index in [1.807, 2.05) is 12.1 Å². The number of pyridine rings is 1. The minimum atomic E-state index is -0.382. The molecule has 1 unspecified atom stereocenters. The van der Waals surface area contributed by atoms with E-state index in [1.165, 1.54) is 0 Å². The number of aliphatic hydroxyl groups excluding tert-OH is 1. The van der Waals surface area contributed by atoms with Crippen molar-refractivity contribution in [2.24, 2.45) is 0 Å². The quantitative estimate of drug-likeness (QED) is 0.691. The van der Waals surface area contributed by atoms with E-state index in [9.17, 15) is 5.11 Å². The van der Waals surface area contributed by atoms with E-state index in [1.54, 1.807) is 6.20 Å². The van der Waals surface area contributed by atoms with Gasteiger partial charge in [0.05, 0.1) is 11.8 Å². The molecule has 2 N–H and O–H groups in total. The Morgan fingerprint density at radius 2 is 2.23 bits per heavy atom. The summed E-state index contributed by atoms with van der Waals surface area (Å²) in [6, 6.07) is 3.78. The van der Waals surface area contributed by atoms with Gasteiger partial charge >= 0.3 is 0 Å². The van der Waals surface area contributed by atoms with Crippen molar-refractivity contribution < 1.29 is 5.11 Å². The average molecular weight is 223 g/mol. The summed E-state index contributed by atoms with van der Waals surface area (Å²) in [5, 5.41) is 12.5. The van der Waals surface area contributed by atoms with Gasteiger partial charge in [0.1, 0.15) is 0 Å². The van der Waals surface area contributed by atoms with Crippen molar-refractivity contribution in [1.82, 2.24) is 10.3 Å². The highest BCUT2D eigenvalue weighted by atomic mass is 35.5. The zero-order valence-electron chi connectivity index (χ0n) is 6.93. The topological polar surface area (TPSA) is 45.1 Å². The maximum Gasteiger partial charge on any atom is 0.0932 e. The lowest BCUT2D eigenvalue weighted by atomic mass is 10.0. The van der Waals surface area contributed by atoms with E-state index in [0.29, 0.717) is 6.54 Å². The summed E-state index contributed by atoms with van der Waals surface area (Å²) in [7, 11) is 0. The molecule has 2 heterocycles. The molecule has 0 amide bonds. The molecule has 0 fully saturated rings. The summed E-state index contributed by atoms with van der Waals surface area (Å²) in [5.41, 5.74) is 1.93. The summed E-state index contributed by atoms with van der Waals surface area (Å²) in [5.74, 6) is 0. The van der Waals surface area contributed by atoms with Crippen LogP contribution in [0.25, 0.3) is 0 Å². The monoisotopic (exact) mass is 222 g/mol. The van der Waals surface area contributed by atoms with Crippen LogP contribution in [0.4, 0.5) is 0 Å². The van der Waals surface area contributed by atoms with Gasteiger partial charge in [-0.1, -0.05) is 6.07 Å². The molecule has 2 rings (SSSR count). The van der Waals surface area contributed by atoms with Crippen LogP contribution in [0.1, 0.15) is 17.4 Å². The van der Waals surface area contributed by atoms with Crippen molar-refractivity contribution in [3.05, 3.63) is 29.6 Å². The number of hydrogen-bond donors (Lipinski definition) is 2. The average Bonchev–Trinajstić information content (AvgIpc) is 2.06. The molecule has 1 aromatic heterocycles. The van der Waals surface area contributed by atoms with Crippen molar-refractivity contribution in [1.29, 1.82) is 0 Å². The van der Waals surface area contributed by atoms with Gasteiger partial charge in [0.2, 0.25) is 0 Å².